The molecule has 3 atom stereocenters. The number of nitrogens with two attached hydrogens (primary N) is 3. The highest BCUT2D eigenvalue weighted by molar-refractivity contribution is 5.92. The van der Waals surface area contributed by atoms with Gasteiger partial charge in [0.25, 0.3) is 0 Å². The Bertz CT molecular complexity index is 829. The maximum atomic E-state index is 12.8. The third kappa shape index (κ3) is 10.9. The zero-order chi connectivity index (χ0) is 24.8. The molecule has 3 amide bonds. The molecule has 0 radical (unpaired) electrons. The number of carbonyl (C=O) groups is 4. The molecule has 0 aliphatic carbocycles. The van der Waals surface area contributed by atoms with E-state index in [1.54, 1.807) is 30.3 Å². The summed E-state index contributed by atoms with van der Waals surface area (Å²) in [5.41, 5.74) is 16.6. The van der Waals surface area contributed by atoms with Gasteiger partial charge in [0, 0.05) is 13.0 Å². The summed E-state index contributed by atoms with van der Waals surface area (Å²) in [5.74, 6) is -3.52. The number of hydrogen-bond donors (Lipinski definition) is 8. The van der Waals surface area contributed by atoms with Gasteiger partial charge < -0.3 is 43.4 Å². The first kappa shape index (κ1) is 27.3. The van der Waals surface area contributed by atoms with Crippen molar-refractivity contribution in [2.24, 2.45) is 22.2 Å². The number of nitrogens with one attached hydrogen (secondary N) is 3. The smallest absolute Gasteiger partial charge is 0.326 e. The summed E-state index contributed by atoms with van der Waals surface area (Å²) in [6, 6.07) is 5.23. The maximum Gasteiger partial charge on any atom is 0.326 e. The van der Waals surface area contributed by atoms with E-state index in [4.69, 9.17) is 22.3 Å². The van der Waals surface area contributed by atoms with Crippen molar-refractivity contribution in [3.63, 3.8) is 0 Å². The second-order valence-corrected chi connectivity index (χ2v) is 7.16. The van der Waals surface area contributed by atoms with E-state index < -0.39 is 55.0 Å². The van der Waals surface area contributed by atoms with Crippen LogP contribution in [-0.4, -0.2) is 77.7 Å². The van der Waals surface area contributed by atoms with Crippen LogP contribution < -0.4 is 33.2 Å². The number of carbonyl (C=O) groups excluding carboxylic acids is 3. The minimum Gasteiger partial charge on any atom is -0.480 e. The number of benzene rings is 1. The van der Waals surface area contributed by atoms with Crippen molar-refractivity contribution < 1.29 is 29.4 Å². The van der Waals surface area contributed by atoms with Gasteiger partial charge >= 0.3 is 5.97 Å². The highest BCUT2D eigenvalue weighted by Gasteiger charge is 2.27. The number of hydrogen-bond acceptors (Lipinski definition) is 7. The molecule has 0 aromatic heterocycles. The quantitative estimate of drug-likeness (QED) is 0.0782. The lowest BCUT2D eigenvalue weighted by atomic mass is 10.0. The van der Waals surface area contributed by atoms with Crippen LogP contribution in [0.4, 0.5) is 0 Å². The van der Waals surface area contributed by atoms with Crippen molar-refractivity contribution in [2.75, 3.05) is 19.7 Å². The lowest BCUT2D eigenvalue weighted by Gasteiger charge is -2.22. The molecule has 182 valence electrons. The summed E-state index contributed by atoms with van der Waals surface area (Å²) < 4.78 is 0. The van der Waals surface area contributed by atoms with Crippen LogP contribution in [0, 0.1) is 0 Å². The Morgan fingerprint density at radius 3 is 2.24 bits per heavy atom. The molecule has 0 aliphatic rings. The summed E-state index contributed by atoms with van der Waals surface area (Å²) in [7, 11) is 0. The normalized spacial score (nSPS) is 13.2. The van der Waals surface area contributed by atoms with Crippen LogP contribution in [0.5, 0.6) is 0 Å². The SMILES string of the molecule is NC(N)=NCCCC(NC(=O)CNC(=O)C(N)CO)C(=O)NC(Cc1ccccc1)C(=O)O. The van der Waals surface area contributed by atoms with Crippen LogP contribution in [0.1, 0.15) is 18.4 Å². The Kier molecular flexibility index (Phi) is 11.9. The molecular weight excluding hydrogens is 434 g/mol. The van der Waals surface area contributed by atoms with Crippen LogP contribution in [0.3, 0.4) is 0 Å². The first-order valence-corrected chi connectivity index (χ1v) is 10.2. The lowest BCUT2D eigenvalue weighted by Crippen LogP contribution is -2.54. The number of carboxylic acids is 1. The zero-order valence-electron chi connectivity index (χ0n) is 18.1. The molecule has 0 bridgehead atoms. The molecule has 1 aromatic carbocycles. The second-order valence-electron chi connectivity index (χ2n) is 7.16. The Morgan fingerprint density at radius 2 is 1.67 bits per heavy atom. The Morgan fingerprint density at radius 1 is 1.00 bits per heavy atom. The van der Waals surface area contributed by atoms with Crippen molar-refractivity contribution in [1.82, 2.24) is 16.0 Å². The van der Waals surface area contributed by atoms with Gasteiger partial charge in [0.15, 0.2) is 5.96 Å². The largest absolute Gasteiger partial charge is 0.480 e. The molecule has 33 heavy (non-hydrogen) atoms. The Labute approximate surface area is 190 Å². The van der Waals surface area contributed by atoms with Crippen LogP contribution in [0.2, 0.25) is 0 Å². The highest BCUT2D eigenvalue weighted by atomic mass is 16.4. The Hall–Kier alpha value is -3.71. The first-order valence-electron chi connectivity index (χ1n) is 10.2. The van der Waals surface area contributed by atoms with Gasteiger partial charge in [0.1, 0.15) is 18.1 Å². The van der Waals surface area contributed by atoms with E-state index in [1.165, 1.54) is 0 Å². The van der Waals surface area contributed by atoms with Crippen molar-refractivity contribution in [1.29, 1.82) is 0 Å². The average Bonchev–Trinajstić information content (AvgIpc) is 2.78. The van der Waals surface area contributed by atoms with E-state index in [9.17, 15) is 24.3 Å². The van der Waals surface area contributed by atoms with Crippen molar-refractivity contribution in [2.45, 2.75) is 37.4 Å². The molecule has 0 saturated heterocycles. The number of amides is 3. The van der Waals surface area contributed by atoms with E-state index in [-0.39, 0.29) is 25.3 Å². The summed E-state index contributed by atoms with van der Waals surface area (Å²) >= 11 is 0. The van der Waals surface area contributed by atoms with Gasteiger partial charge in [0.2, 0.25) is 17.7 Å². The predicted molar refractivity (Wildman–Crippen MR) is 120 cm³/mol. The summed E-state index contributed by atoms with van der Waals surface area (Å²) in [6.07, 6.45) is 0.469. The average molecular weight is 466 g/mol. The maximum absolute atomic E-state index is 12.8. The molecule has 0 saturated carbocycles. The van der Waals surface area contributed by atoms with Crippen LogP contribution >= 0.6 is 0 Å². The van der Waals surface area contributed by atoms with Gasteiger partial charge in [-0.1, -0.05) is 30.3 Å². The highest BCUT2D eigenvalue weighted by Crippen LogP contribution is 2.05. The van der Waals surface area contributed by atoms with E-state index in [2.05, 4.69) is 20.9 Å². The van der Waals surface area contributed by atoms with Crippen molar-refractivity contribution >= 4 is 29.7 Å². The van der Waals surface area contributed by atoms with E-state index in [1.807, 2.05) is 0 Å². The lowest BCUT2D eigenvalue weighted by molar-refractivity contribution is -0.142. The van der Waals surface area contributed by atoms with E-state index in [0.717, 1.165) is 0 Å². The minimum absolute atomic E-state index is 0.0473. The fourth-order valence-electron chi connectivity index (χ4n) is 2.72. The molecular formula is C20H31N7O6. The van der Waals surface area contributed by atoms with Gasteiger partial charge in [-0.05, 0) is 18.4 Å². The van der Waals surface area contributed by atoms with Crippen LogP contribution in [-0.2, 0) is 25.6 Å². The monoisotopic (exact) mass is 465 g/mol. The molecule has 13 nitrogen and oxygen atoms in total. The molecule has 0 spiro atoms. The number of aliphatic imine (C=N–C) groups is 1. The minimum atomic E-state index is -1.23. The summed E-state index contributed by atoms with van der Waals surface area (Å²) in [4.78, 5) is 52.1. The fourth-order valence-corrected chi connectivity index (χ4v) is 2.72. The number of aliphatic hydroxyl groups excluding tert-OH is 1. The van der Waals surface area contributed by atoms with E-state index in [0.29, 0.717) is 12.0 Å². The second kappa shape index (κ2) is 14.4. The van der Waals surface area contributed by atoms with Gasteiger partial charge in [-0.2, -0.15) is 0 Å². The third-order valence-corrected chi connectivity index (χ3v) is 4.45. The molecule has 11 N–H and O–H groups in total. The third-order valence-electron chi connectivity index (χ3n) is 4.45. The van der Waals surface area contributed by atoms with Gasteiger partial charge in [-0.3, -0.25) is 19.4 Å². The number of aliphatic hydroxyl groups is 1. The molecule has 0 aliphatic heterocycles. The number of aliphatic carboxylic acids is 1. The summed E-state index contributed by atoms with van der Waals surface area (Å²) in [6.45, 7) is -0.895. The Balaban J connectivity index is 2.81. The van der Waals surface area contributed by atoms with Crippen molar-refractivity contribution in [3.05, 3.63) is 35.9 Å². The number of guanidine groups is 1. The van der Waals surface area contributed by atoms with Gasteiger partial charge in [-0.15, -0.1) is 0 Å². The molecule has 0 heterocycles. The molecule has 1 rings (SSSR count). The number of carboxylic acid groups (broad SMARTS) is 1. The van der Waals surface area contributed by atoms with Crippen LogP contribution in [0.15, 0.2) is 35.3 Å². The summed E-state index contributed by atoms with van der Waals surface area (Å²) in [5, 5.41) is 25.5. The zero-order valence-corrected chi connectivity index (χ0v) is 18.1. The standard InChI is InChI=1S/C20H31N7O6/c21-13(11-28)17(30)25-10-16(29)26-14(7-4-8-24-20(22)23)18(31)27-15(19(32)33)9-12-5-2-1-3-6-12/h1-3,5-6,13-15,28H,4,7-11,21H2,(H,25,30)(H,26,29)(H,27,31)(H,32,33)(H4,22,23,24). The molecule has 0 fully saturated rings. The first-order chi connectivity index (χ1) is 15.6. The number of rotatable bonds is 14. The van der Waals surface area contributed by atoms with Gasteiger partial charge in [0.05, 0.1) is 13.2 Å². The van der Waals surface area contributed by atoms with Crippen molar-refractivity contribution in [3.8, 4) is 0 Å². The fraction of sp³-hybridized carbons (Fsp3) is 0.450. The molecule has 13 heteroatoms. The predicted octanol–water partition coefficient (Wildman–Crippen LogP) is -3.23. The topological polar surface area (TPSA) is 235 Å². The van der Waals surface area contributed by atoms with E-state index >= 15 is 0 Å². The van der Waals surface area contributed by atoms with Gasteiger partial charge in [-0.25, -0.2) is 4.79 Å². The van der Waals surface area contributed by atoms with Crippen LogP contribution in [0.25, 0.3) is 0 Å². The molecule has 3 unspecified atom stereocenters. The molecule has 1 aromatic rings. The number of nitrogens with zero attached hydrogens (tertiary/aromatic N) is 1.